The number of hydrogen-bond acceptors (Lipinski definition) is 5. The first-order chi connectivity index (χ1) is 9.47. The van der Waals surface area contributed by atoms with Crippen molar-refractivity contribution in [2.45, 2.75) is 13.0 Å². The zero-order valence-corrected chi connectivity index (χ0v) is 10.5. The van der Waals surface area contributed by atoms with Crippen LogP contribution in [-0.2, 0) is 14.3 Å². The van der Waals surface area contributed by atoms with Gasteiger partial charge in [-0.25, -0.2) is 0 Å². The third-order valence-electron chi connectivity index (χ3n) is 2.47. The Bertz CT molecular complexity index is 484. The van der Waals surface area contributed by atoms with Gasteiger partial charge in [-0.05, 0) is 24.3 Å². The van der Waals surface area contributed by atoms with E-state index >= 15 is 0 Å². The Morgan fingerprint density at radius 3 is 2.30 bits per heavy atom. The van der Waals surface area contributed by atoms with Gasteiger partial charge in [0, 0.05) is 12.0 Å². The smallest absolute Gasteiger partial charge is 0.387 e. The Hall–Kier alpha value is -2.31. The first-order valence-corrected chi connectivity index (χ1v) is 5.59. The van der Waals surface area contributed by atoms with Crippen LogP contribution in [0.5, 0.6) is 5.75 Å². The molecule has 0 N–H and O–H groups in total. The molecule has 0 aromatic heterocycles. The Balaban J connectivity index is 2.72. The Labute approximate surface area is 113 Å². The monoisotopic (exact) mass is 286 g/mol. The number of ketones is 1. The third kappa shape index (κ3) is 4.42. The van der Waals surface area contributed by atoms with Crippen LogP contribution in [0.2, 0.25) is 0 Å². The van der Waals surface area contributed by atoms with E-state index in [0.717, 1.165) is 7.11 Å². The summed E-state index contributed by atoms with van der Waals surface area (Å²) in [5, 5.41) is 0. The second-order valence-corrected chi connectivity index (χ2v) is 3.80. The van der Waals surface area contributed by atoms with E-state index in [1.165, 1.54) is 24.3 Å². The fraction of sp³-hybridized carbons (Fsp3) is 0.308. The predicted molar refractivity (Wildman–Crippen MR) is 63.6 cm³/mol. The number of benzene rings is 1. The van der Waals surface area contributed by atoms with E-state index < -0.39 is 24.3 Å². The quantitative estimate of drug-likeness (QED) is 0.331. The van der Waals surface area contributed by atoms with Gasteiger partial charge in [-0.2, -0.15) is 8.78 Å². The number of Topliss-reactive ketones (excluding diaryl/α,β-unsaturated/α-hetero) is 1. The van der Waals surface area contributed by atoms with Gasteiger partial charge in [0.15, 0.2) is 5.78 Å². The van der Waals surface area contributed by atoms with Gasteiger partial charge in [0.1, 0.15) is 18.0 Å². The molecule has 0 amide bonds. The summed E-state index contributed by atoms with van der Waals surface area (Å²) in [6.45, 7) is -2.95. The molecule has 0 heterocycles. The summed E-state index contributed by atoms with van der Waals surface area (Å²) in [5.41, 5.74) is 0.183. The van der Waals surface area contributed by atoms with Crippen LogP contribution in [0.4, 0.5) is 8.78 Å². The van der Waals surface area contributed by atoms with Gasteiger partial charge in [-0.3, -0.25) is 9.59 Å². The van der Waals surface area contributed by atoms with Crippen molar-refractivity contribution in [3.63, 3.8) is 0 Å². The number of rotatable bonds is 7. The fourth-order valence-corrected chi connectivity index (χ4v) is 1.48. The summed E-state index contributed by atoms with van der Waals surface area (Å²) >= 11 is 0. The largest absolute Gasteiger partial charge is 0.468 e. The predicted octanol–water partition coefficient (Wildman–Crippen LogP) is 1.85. The molecular weight excluding hydrogens is 274 g/mol. The molecule has 0 aliphatic rings. The van der Waals surface area contributed by atoms with E-state index in [1.54, 1.807) is 0 Å². The van der Waals surface area contributed by atoms with Crippen LogP contribution in [0.3, 0.4) is 0 Å². The fourth-order valence-electron chi connectivity index (χ4n) is 1.48. The summed E-state index contributed by atoms with van der Waals surface area (Å²) in [6.07, 6.45) is -0.0107. The minimum absolute atomic E-state index is 0.0866. The number of carbonyl (C=O) groups is 3. The van der Waals surface area contributed by atoms with Gasteiger partial charge in [0.25, 0.3) is 0 Å². The lowest BCUT2D eigenvalue weighted by atomic mass is 9.99. The molecule has 0 saturated carbocycles. The molecule has 7 heteroatoms. The minimum Gasteiger partial charge on any atom is -0.468 e. The van der Waals surface area contributed by atoms with E-state index in [2.05, 4.69) is 9.47 Å². The minimum atomic E-state index is -2.95. The Morgan fingerprint density at radius 1 is 1.25 bits per heavy atom. The molecule has 1 unspecified atom stereocenters. The summed E-state index contributed by atoms with van der Waals surface area (Å²) in [5.74, 6) is -2.54. The molecule has 1 aromatic rings. The maximum absolute atomic E-state index is 11.9. The zero-order chi connectivity index (χ0) is 15.1. The maximum Gasteiger partial charge on any atom is 0.387 e. The lowest BCUT2D eigenvalue weighted by molar-refractivity contribution is -0.146. The van der Waals surface area contributed by atoms with Crippen LogP contribution in [0, 0.1) is 5.92 Å². The number of hydrogen-bond donors (Lipinski definition) is 0. The number of esters is 1. The second-order valence-electron chi connectivity index (χ2n) is 3.80. The van der Waals surface area contributed by atoms with E-state index in [0.29, 0.717) is 6.29 Å². The molecule has 0 fully saturated rings. The van der Waals surface area contributed by atoms with Crippen molar-refractivity contribution in [1.29, 1.82) is 0 Å². The molecule has 0 radical (unpaired) electrons. The van der Waals surface area contributed by atoms with Gasteiger partial charge in [0.2, 0.25) is 0 Å². The van der Waals surface area contributed by atoms with Crippen LogP contribution < -0.4 is 4.74 Å². The van der Waals surface area contributed by atoms with E-state index in [9.17, 15) is 23.2 Å². The number of halogens is 2. The lowest BCUT2D eigenvalue weighted by Crippen LogP contribution is -2.21. The summed E-state index contributed by atoms with van der Waals surface area (Å²) in [7, 11) is 1.11. The van der Waals surface area contributed by atoms with Crippen LogP contribution >= 0.6 is 0 Å². The van der Waals surface area contributed by atoms with Gasteiger partial charge in [0.05, 0.1) is 7.11 Å². The van der Waals surface area contributed by atoms with Crippen molar-refractivity contribution >= 4 is 18.0 Å². The van der Waals surface area contributed by atoms with Crippen LogP contribution in [0.15, 0.2) is 24.3 Å². The van der Waals surface area contributed by atoms with Crippen molar-refractivity contribution in [2.75, 3.05) is 7.11 Å². The standard InChI is InChI=1S/C13H12F2O5/c1-19-12(18)9(7-16)6-11(17)8-2-4-10(5-3-8)20-13(14)15/h2-5,7,9,13H,6H2,1H3. The van der Waals surface area contributed by atoms with Crippen molar-refractivity contribution < 1.29 is 32.6 Å². The molecule has 0 aliphatic heterocycles. The topological polar surface area (TPSA) is 69.7 Å². The Kier molecular flexibility index (Phi) is 5.76. The number of alkyl halides is 2. The lowest BCUT2D eigenvalue weighted by Gasteiger charge is -2.08. The SMILES string of the molecule is COC(=O)C(C=O)CC(=O)c1ccc(OC(F)F)cc1. The first-order valence-electron chi connectivity index (χ1n) is 5.59. The highest BCUT2D eigenvalue weighted by molar-refractivity contribution is 6.01. The van der Waals surface area contributed by atoms with Crippen LogP contribution in [0.25, 0.3) is 0 Å². The molecule has 20 heavy (non-hydrogen) atoms. The number of ether oxygens (including phenoxy) is 2. The number of methoxy groups -OCH3 is 1. The van der Waals surface area contributed by atoms with Crippen molar-refractivity contribution in [3.05, 3.63) is 29.8 Å². The second kappa shape index (κ2) is 7.32. The van der Waals surface area contributed by atoms with E-state index in [-0.39, 0.29) is 17.7 Å². The van der Waals surface area contributed by atoms with Gasteiger partial charge < -0.3 is 14.3 Å². The molecule has 1 atom stereocenters. The molecule has 0 aliphatic carbocycles. The van der Waals surface area contributed by atoms with Crippen molar-refractivity contribution in [2.24, 2.45) is 5.92 Å². The molecule has 0 saturated heterocycles. The van der Waals surface area contributed by atoms with Crippen molar-refractivity contribution in [1.82, 2.24) is 0 Å². The molecule has 1 aromatic carbocycles. The number of carbonyl (C=O) groups excluding carboxylic acids is 3. The highest BCUT2D eigenvalue weighted by atomic mass is 19.3. The van der Waals surface area contributed by atoms with Gasteiger partial charge in [-0.1, -0.05) is 0 Å². The molecule has 5 nitrogen and oxygen atoms in total. The summed E-state index contributed by atoms with van der Waals surface area (Å²) < 4.78 is 32.4. The highest BCUT2D eigenvalue weighted by Gasteiger charge is 2.22. The van der Waals surface area contributed by atoms with Crippen LogP contribution in [-0.4, -0.2) is 31.8 Å². The average molecular weight is 286 g/mol. The summed E-state index contributed by atoms with van der Waals surface area (Å²) in [4.78, 5) is 33.7. The molecule has 0 spiro atoms. The van der Waals surface area contributed by atoms with Gasteiger partial charge in [-0.15, -0.1) is 0 Å². The number of aldehydes is 1. The molecule has 108 valence electrons. The highest BCUT2D eigenvalue weighted by Crippen LogP contribution is 2.17. The van der Waals surface area contributed by atoms with E-state index in [4.69, 9.17) is 0 Å². The molecular formula is C13H12F2O5. The third-order valence-corrected chi connectivity index (χ3v) is 2.47. The maximum atomic E-state index is 11.9. The first kappa shape index (κ1) is 15.7. The average Bonchev–Trinajstić information content (AvgIpc) is 2.43. The van der Waals surface area contributed by atoms with Gasteiger partial charge >= 0.3 is 12.6 Å². The van der Waals surface area contributed by atoms with Crippen LogP contribution in [0.1, 0.15) is 16.8 Å². The van der Waals surface area contributed by atoms with Crippen molar-refractivity contribution in [3.8, 4) is 5.75 Å². The molecule has 0 bridgehead atoms. The Morgan fingerprint density at radius 2 is 1.85 bits per heavy atom. The molecule has 1 rings (SSSR count). The zero-order valence-electron chi connectivity index (χ0n) is 10.5. The summed E-state index contributed by atoms with van der Waals surface area (Å²) in [6, 6.07) is 4.96. The van der Waals surface area contributed by atoms with E-state index in [1.807, 2.05) is 0 Å². The normalized spacial score (nSPS) is 11.8.